The van der Waals surface area contributed by atoms with Gasteiger partial charge in [0, 0.05) is 30.5 Å². The van der Waals surface area contributed by atoms with Gasteiger partial charge in [-0.05, 0) is 25.5 Å². The highest BCUT2D eigenvalue weighted by Gasteiger charge is 2.14. The summed E-state index contributed by atoms with van der Waals surface area (Å²) < 4.78 is 15.6. The van der Waals surface area contributed by atoms with Crippen LogP contribution in [0.2, 0.25) is 0 Å². The van der Waals surface area contributed by atoms with E-state index in [1.54, 1.807) is 4.98 Å². The van der Waals surface area contributed by atoms with Gasteiger partial charge in [-0.15, -0.1) is 0 Å². The van der Waals surface area contributed by atoms with E-state index in [0.717, 1.165) is 10.9 Å². The third kappa shape index (κ3) is 4.26. The van der Waals surface area contributed by atoms with Crippen LogP contribution in [0.25, 0.3) is 10.9 Å². The molecule has 0 radical (unpaired) electrons. The number of nitrogens with one attached hydrogen (secondary N) is 3. The third-order valence-electron chi connectivity index (χ3n) is 4.39. The number of amides is 2. The number of halogens is 1. The molecule has 0 aliphatic carbocycles. The van der Waals surface area contributed by atoms with E-state index in [4.69, 9.17) is 0 Å². The average molecular weight is 401 g/mol. The number of hydrogen-bond donors (Lipinski definition) is 3. The van der Waals surface area contributed by atoms with E-state index < -0.39 is 23.1 Å². The fraction of sp³-hybridized carbons (Fsp3) is 0.263. The fourth-order valence-electron chi connectivity index (χ4n) is 3.00. The van der Waals surface area contributed by atoms with Crippen molar-refractivity contribution in [2.45, 2.75) is 19.9 Å². The monoisotopic (exact) mass is 401 g/mol. The van der Waals surface area contributed by atoms with Gasteiger partial charge in [0.05, 0.1) is 6.20 Å². The van der Waals surface area contributed by atoms with Gasteiger partial charge in [-0.3, -0.25) is 14.6 Å². The number of fused-ring (bicyclic) bond motifs is 1. The van der Waals surface area contributed by atoms with Crippen LogP contribution in [-0.4, -0.2) is 39.1 Å². The van der Waals surface area contributed by atoms with Crippen LogP contribution in [0.15, 0.2) is 46.1 Å². The van der Waals surface area contributed by atoms with Crippen molar-refractivity contribution in [1.29, 1.82) is 0 Å². The molecule has 0 aliphatic heterocycles. The molecule has 0 saturated carbocycles. The molecule has 29 heavy (non-hydrogen) atoms. The van der Waals surface area contributed by atoms with Gasteiger partial charge in [0.2, 0.25) is 5.82 Å². The Hall–Kier alpha value is -3.69. The van der Waals surface area contributed by atoms with Crippen LogP contribution in [0, 0.1) is 5.82 Å². The molecule has 0 fully saturated rings. The van der Waals surface area contributed by atoms with Gasteiger partial charge < -0.3 is 15.2 Å². The Bertz CT molecular complexity index is 1180. The number of carbonyl (C=O) groups is 2. The van der Waals surface area contributed by atoms with Crippen LogP contribution in [0.5, 0.6) is 0 Å². The van der Waals surface area contributed by atoms with E-state index in [2.05, 4.69) is 10.6 Å². The van der Waals surface area contributed by atoms with Crippen molar-refractivity contribution < 1.29 is 14.0 Å². The molecule has 2 heterocycles. The predicted molar refractivity (Wildman–Crippen MR) is 105 cm³/mol. The molecule has 0 unspecified atom stereocenters. The second-order valence-electron chi connectivity index (χ2n) is 6.28. The first-order chi connectivity index (χ1) is 13.9. The molecule has 9 nitrogen and oxygen atoms in total. The van der Waals surface area contributed by atoms with Gasteiger partial charge in [0.25, 0.3) is 11.5 Å². The Balaban J connectivity index is 1.53. The number of para-hydroxylation sites is 1. The van der Waals surface area contributed by atoms with Gasteiger partial charge in [0.1, 0.15) is 5.69 Å². The lowest BCUT2D eigenvalue weighted by atomic mass is 10.2. The lowest BCUT2D eigenvalue weighted by Gasteiger charge is -2.10. The highest BCUT2D eigenvalue weighted by atomic mass is 19.1. The van der Waals surface area contributed by atoms with Crippen molar-refractivity contribution in [3.8, 4) is 0 Å². The topological polar surface area (TPSA) is 118 Å². The second-order valence-corrected chi connectivity index (χ2v) is 6.28. The van der Waals surface area contributed by atoms with Crippen LogP contribution in [0.4, 0.5) is 9.18 Å². The summed E-state index contributed by atoms with van der Waals surface area (Å²) in [5.41, 5.74) is -0.695. The Kier molecular flexibility index (Phi) is 5.91. The first-order valence-electron chi connectivity index (χ1n) is 9.08. The first kappa shape index (κ1) is 20.1. The molecule has 0 saturated heterocycles. The molecule has 152 valence electrons. The van der Waals surface area contributed by atoms with Crippen LogP contribution in [-0.2, 0) is 6.54 Å². The summed E-state index contributed by atoms with van der Waals surface area (Å²) >= 11 is 0. The minimum Gasteiger partial charge on any atom is -0.351 e. The van der Waals surface area contributed by atoms with Crippen LogP contribution in [0.1, 0.15) is 23.8 Å². The molecule has 10 heteroatoms. The summed E-state index contributed by atoms with van der Waals surface area (Å²) in [6.07, 6.45) is 0.923. The molecule has 3 aromatic rings. The fourth-order valence-corrected chi connectivity index (χ4v) is 3.00. The zero-order chi connectivity index (χ0) is 21.0. The predicted octanol–water partition coefficient (Wildman–Crippen LogP) is 1.03. The quantitative estimate of drug-likeness (QED) is 0.535. The number of aromatic amines is 1. The molecule has 3 rings (SSSR count). The second kappa shape index (κ2) is 8.55. The molecular formula is C19H20FN5O4. The average Bonchev–Trinajstić information content (AvgIpc) is 3.09. The van der Waals surface area contributed by atoms with E-state index in [-0.39, 0.29) is 12.5 Å². The Labute approximate surface area is 164 Å². The number of benzene rings is 1. The SMILES string of the molecule is CCn1c(C(=O)NCCCNC(=O)n2cc(F)c(=O)[nH]c2=O)cc2ccccc21. The molecular weight excluding hydrogens is 381 g/mol. The number of aryl methyl sites for hydroxylation is 1. The maximum absolute atomic E-state index is 13.2. The maximum Gasteiger partial charge on any atom is 0.336 e. The zero-order valence-corrected chi connectivity index (χ0v) is 15.7. The molecule has 0 aliphatic rings. The lowest BCUT2D eigenvalue weighted by Crippen LogP contribution is -2.41. The minimum atomic E-state index is -1.24. The number of nitrogens with zero attached hydrogens (tertiary/aromatic N) is 2. The summed E-state index contributed by atoms with van der Waals surface area (Å²) in [5.74, 6) is -1.47. The van der Waals surface area contributed by atoms with E-state index in [1.807, 2.05) is 41.8 Å². The number of H-pyrrole nitrogens is 1. The summed E-state index contributed by atoms with van der Waals surface area (Å²) in [4.78, 5) is 48.6. The summed E-state index contributed by atoms with van der Waals surface area (Å²) in [6.45, 7) is 3.04. The van der Waals surface area contributed by atoms with E-state index in [0.29, 0.717) is 36.0 Å². The normalized spacial score (nSPS) is 10.8. The largest absolute Gasteiger partial charge is 0.351 e. The van der Waals surface area contributed by atoms with Crippen LogP contribution in [0.3, 0.4) is 0 Å². The van der Waals surface area contributed by atoms with E-state index in [1.165, 1.54) is 0 Å². The van der Waals surface area contributed by atoms with Gasteiger partial charge in [-0.2, -0.15) is 4.39 Å². The number of aromatic nitrogens is 3. The van der Waals surface area contributed by atoms with Gasteiger partial charge in [-0.25, -0.2) is 14.2 Å². The molecule has 2 aromatic heterocycles. The molecule has 1 aromatic carbocycles. The van der Waals surface area contributed by atoms with E-state index >= 15 is 0 Å². The van der Waals surface area contributed by atoms with Crippen LogP contribution >= 0.6 is 0 Å². The maximum atomic E-state index is 13.2. The molecule has 0 spiro atoms. The number of hydrogen-bond acceptors (Lipinski definition) is 4. The number of carbonyl (C=O) groups excluding carboxylic acids is 2. The molecule has 2 amide bonds. The Morgan fingerprint density at radius 3 is 2.62 bits per heavy atom. The Morgan fingerprint density at radius 1 is 1.14 bits per heavy atom. The van der Waals surface area contributed by atoms with Gasteiger partial charge in [0.15, 0.2) is 0 Å². The summed E-state index contributed by atoms with van der Waals surface area (Å²) in [6, 6.07) is 8.67. The van der Waals surface area contributed by atoms with Crippen molar-refractivity contribution in [1.82, 2.24) is 24.8 Å². The Morgan fingerprint density at radius 2 is 1.86 bits per heavy atom. The minimum absolute atomic E-state index is 0.142. The van der Waals surface area contributed by atoms with Crippen molar-refractivity contribution in [3.63, 3.8) is 0 Å². The van der Waals surface area contributed by atoms with Crippen molar-refractivity contribution >= 4 is 22.8 Å². The van der Waals surface area contributed by atoms with Gasteiger partial charge >= 0.3 is 11.7 Å². The van der Waals surface area contributed by atoms with Crippen LogP contribution < -0.4 is 21.9 Å². The van der Waals surface area contributed by atoms with Crippen molar-refractivity contribution in [2.75, 3.05) is 13.1 Å². The van der Waals surface area contributed by atoms with Gasteiger partial charge in [-0.1, -0.05) is 18.2 Å². The summed E-state index contributed by atoms with van der Waals surface area (Å²) in [7, 11) is 0. The lowest BCUT2D eigenvalue weighted by molar-refractivity contribution is 0.0944. The molecule has 3 N–H and O–H groups in total. The highest BCUT2D eigenvalue weighted by Crippen LogP contribution is 2.19. The first-order valence-corrected chi connectivity index (χ1v) is 9.08. The number of rotatable bonds is 6. The standard InChI is InChI=1S/C19H20FN5O4/c1-2-24-14-7-4-3-6-12(14)10-15(24)17(27)21-8-5-9-22-18(28)25-11-13(20)16(26)23-19(25)29/h3-4,6-7,10-11H,2,5,8-9H2,1H3,(H,21,27)(H,22,28)(H,23,26,29). The zero-order valence-electron chi connectivity index (χ0n) is 15.7. The third-order valence-corrected chi connectivity index (χ3v) is 4.39. The molecule has 0 bridgehead atoms. The van der Waals surface area contributed by atoms with Crippen molar-refractivity contribution in [2.24, 2.45) is 0 Å². The van der Waals surface area contributed by atoms with E-state index in [9.17, 15) is 23.6 Å². The molecule has 0 atom stereocenters. The highest BCUT2D eigenvalue weighted by molar-refractivity contribution is 5.98. The van der Waals surface area contributed by atoms with Crippen molar-refractivity contribution in [3.05, 3.63) is 68.9 Å². The summed E-state index contributed by atoms with van der Waals surface area (Å²) in [5, 5.41) is 6.19. The smallest absolute Gasteiger partial charge is 0.336 e.